The second-order valence-electron chi connectivity index (χ2n) is 9.15. The number of nitrogens with zero attached hydrogens (tertiary/aromatic N) is 3. The van der Waals surface area contributed by atoms with Gasteiger partial charge < -0.3 is 33.7 Å². The topological polar surface area (TPSA) is 107 Å². The van der Waals surface area contributed by atoms with Crippen LogP contribution in [0.15, 0.2) is 42.6 Å². The van der Waals surface area contributed by atoms with E-state index in [0.29, 0.717) is 52.3 Å². The van der Waals surface area contributed by atoms with E-state index in [1.165, 1.54) is 0 Å². The van der Waals surface area contributed by atoms with Gasteiger partial charge in [0.15, 0.2) is 23.0 Å². The molecule has 1 aliphatic heterocycles. The number of ether oxygens (including phenoxy) is 6. The molecule has 1 saturated heterocycles. The molecular weight excluding hydrogens is 512 g/mol. The number of hydrogen-bond donors (Lipinski definition) is 1. The number of benzene rings is 3. The molecule has 0 radical (unpaired) electrons. The summed E-state index contributed by atoms with van der Waals surface area (Å²) in [5.41, 5.74) is 2.41. The van der Waals surface area contributed by atoms with Crippen LogP contribution in [0, 0.1) is 11.3 Å². The molecule has 0 aliphatic carbocycles. The molecule has 0 atom stereocenters. The molecule has 1 aliphatic rings. The Hall–Kier alpha value is -4.46. The van der Waals surface area contributed by atoms with Gasteiger partial charge in [-0.05, 0) is 24.3 Å². The molecule has 10 nitrogen and oxygen atoms in total. The van der Waals surface area contributed by atoms with Crippen molar-refractivity contribution in [3.05, 3.63) is 48.2 Å². The highest BCUT2D eigenvalue weighted by Crippen LogP contribution is 2.43. The number of morpholine rings is 1. The van der Waals surface area contributed by atoms with Gasteiger partial charge in [0.25, 0.3) is 0 Å². The van der Waals surface area contributed by atoms with E-state index in [1.807, 2.05) is 24.3 Å². The number of nitriles is 1. The van der Waals surface area contributed by atoms with Crippen LogP contribution in [0.25, 0.3) is 21.7 Å². The Kier molecular flexibility index (Phi) is 8.24. The third kappa shape index (κ3) is 5.21. The van der Waals surface area contributed by atoms with Gasteiger partial charge in [-0.3, -0.25) is 9.88 Å². The Balaban J connectivity index is 1.52. The monoisotopic (exact) mass is 544 g/mol. The molecule has 0 spiro atoms. The molecule has 0 unspecified atom stereocenters. The number of methoxy groups -OCH3 is 4. The highest BCUT2D eigenvalue weighted by molar-refractivity contribution is 6.12. The van der Waals surface area contributed by atoms with Crippen LogP contribution in [0.5, 0.6) is 28.7 Å². The van der Waals surface area contributed by atoms with Crippen molar-refractivity contribution in [1.29, 1.82) is 5.26 Å². The highest BCUT2D eigenvalue weighted by Gasteiger charge is 2.19. The predicted molar refractivity (Wildman–Crippen MR) is 153 cm³/mol. The fraction of sp³-hybridized carbons (Fsp3) is 0.333. The average Bonchev–Trinajstić information content (AvgIpc) is 3.00. The number of anilines is 2. The summed E-state index contributed by atoms with van der Waals surface area (Å²) in [6.07, 6.45) is 1.57. The third-order valence-electron chi connectivity index (χ3n) is 6.98. The fourth-order valence-electron chi connectivity index (χ4n) is 4.97. The number of hydrogen-bond acceptors (Lipinski definition) is 10. The van der Waals surface area contributed by atoms with Gasteiger partial charge >= 0.3 is 0 Å². The van der Waals surface area contributed by atoms with Crippen LogP contribution >= 0.6 is 0 Å². The fourth-order valence-corrected chi connectivity index (χ4v) is 4.97. The summed E-state index contributed by atoms with van der Waals surface area (Å²) in [5, 5.41) is 15.8. The molecule has 0 bridgehead atoms. The van der Waals surface area contributed by atoms with Crippen molar-refractivity contribution in [3.8, 4) is 34.8 Å². The Morgan fingerprint density at radius 3 is 2.20 bits per heavy atom. The number of pyridine rings is 1. The minimum Gasteiger partial charge on any atom is -0.493 e. The van der Waals surface area contributed by atoms with Crippen LogP contribution in [0.4, 0.5) is 11.4 Å². The number of rotatable bonds is 10. The van der Waals surface area contributed by atoms with E-state index >= 15 is 0 Å². The summed E-state index contributed by atoms with van der Waals surface area (Å²) in [7, 11) is 6.31. The van der Waals surface area contributed by atoms with Crippen molar-refractivity contribution in [2.24, 2.45) is 0 Å². The molecule has 0 amide bonds. The first kappa shape index (κ1) is 27.1. The molecule has 0 saturated carbocycles. The van der Waals surface area contributed by atoms with Crippen LogP contribution in [0.1, 0.15) is 5.56 Å². The first-order valence-electron chi connectivity index (χ1n) is 12.9. The lowest BCUT2D eigenvalue weighted by atomic mass is 10.0. The van der Waals surface area contributed by atoms with E-state index in [4.69, 9.17) is 28.4 Å². The van der Waals surface area contributed by atoms with Gasteiger partial charge in [0.1, 0.15) is 12.7 Å². The summed E-state index contributed by atoms with van der Waals surface area (Å²) >= 11 is 0. The van der Waals surface area contributed by atoms with Gasteiger partial charge in [-0.1, -0.05) is 0 Å². The lowest BCUT2D eigenvalue weighted by Gasteiger charge is -2.26. The Morgan fingerprint density at radius 1 is 0.875 bits per heavy atom. The summed E-state index contributed by atoms with van der Waals surface area (Å²) in [6.45, 7) is 4.69. The lowest BCUT2D eigenvalue weighted by molar-refractivity contribution is 0.0321. The van der Waals surface area contributed by atoms with E-state index < -0.39 is 0 Å². The summed E-state index contributed by atoms with van der Waals surface area (Å²) in [6, 6.07) is 13.6. The molecule has 10 heteroatoms. The second kappa shape index (κ2) is 12.2. The molecule has 2 heterocycles. The van der Waals surface area contributed by atoms with Gasteiger partial charge in [-0.2, -0.15) is 5.26 Å². The zero-order valence-corrected chi connectivity index (χ0v) is 23.1. The minimum absolute atomic E-state index is 0.399. The lowest BCUT2D eigenvalue weighted by Crippen LogP contribution is -2.38. The zero-order chi connectivity index (χ0) is 28.1. The van der Waals surface area contributed by atoms with Crippen LogP contribution in [0.2, 0.25) is 0 Å². The van der Waals surface area contributed by atoms with Crippen molar-refractivity contribution in [1.82, 2.24) is 9.88 Å². The molecule has 1 aromatic heterocycles. The van der Waals surface area contributed by atoms with Gasteiger partial charge in [-0.25, -0.2) is 0 Å². The van der Waals surface area contributed by atoms with Crippen LogP contribution in [-0.4, -0.2) is 77.8 Å². The molecule has 1 N–H and O–H groups in total. The Bertz CT molecular complexity index is 1540. The quantitative estimate of drug-likeness (QED) is 0.281. The van der Waals surface area contributed by atoms with Crippen molar-refractivity contribution >= 4 is 33.1 Å². The van der Waals surface area contributed by atoms with E-state index in [-0.39, 0.29) is 0 Å². The van der Waals surface area contributed by atoms with E-state index in [0.717, 1.165) is 54.5 Å². The zero-order valence-electron chi connectivity index (χ0n) is 23.1. The van der Waals surface area contributed by atoms with Gasteiger partial charge in [0, 0.05) is 59.8 Å². The first-order chi connectivity index (χ1) is 19.6. The van der Waals surface area contributed by atoms with Crippen molar-refractivity contribution in [3.63, 3.8) is 0 Å². The molecule has 5 rings (SSSR count). The first-order valence-corrected chi connectivity index (χ1v) is 12.9. The van der Waals surface area contributed by atoms with E-state index in [1.54, 1.807) is 46.8 Å². The predicted octanol–water partition coefficient (Wildman–Crippen LogP) is 4.75. The van der Waals surface area contributed by atoms with Gasteiger partial charge in [0.2, 0.25) is 5.75 Å². The van der Waals surface area contributed by atoms with Crippen molar-refractivity contribution in [2.75, 3.05) is 73.2 Å². The molecule has 40 heavy (non-hydrogen) atoms. The van der Waals surface area contributed by atoms with Crippen molar-refractivity contribution in [2.45, 2.75) is 0 Å². The Morgan fingerprint density at radius 2 is 1.55 bits per heavy atom. The maximum atomic E-state index is 9.90. The summed E-state index contributed by atoms with van der Waals surface area (Å²) < 4.78 is 33.8. The number of nitrogens with one attached hydrogen (secondary N) is 1. The smallest absolute Gasteiger partial charge is 0.203 e. The standard InChI is InChI=1S/C30H32N4O6/c1-35-25-15-20(16-26(36-2)30(25)38-4)33-27-19(17-31)18-32-28-21-7-8-24(29(37-3)22(21)5-6-23(27)28)40-14-11-34-9-12-39-13-10-34/h5-8,15-16,18H,9-14H2,1-4H3,(H,32,33). The van der Waals surface area contributed by atoms with Crippen molar-refractivity contribution < 1.29 is 28.4 Å². The van der Waals surface area contributed by atoms with E-state index in [2.05, 4.69) is 21.3 Å². The van der Waals surface area contributed by atoms with E-state index in [9.17, 15) is 5.26 Å². The number of aromatic nitrogens is 1. The average molecular weight is 545 g/mol. The molecule has 208 valence electrons. The van der Waals surface area contributed by atoms with Gasteiger partial charge in [0.05, 0.1) is 58.4 Å². The largest absolute Gasteiger partial charge is 0.493 e. The minimum atomic E-state index is 0.399. The molecule has 3 aromatic carbocycles. The molecule has 1 fully saturated rings. The second-order valence-corrected chi connectivity index (χ2v) is 9.15. The highest BCUT2D eigenvalue weighted by atomic mass is 16.5. The number of fused-ring (bicyclic) bond motifs is 3. The third-order valence-corrected chi connectivity index (χ3v) is 6.98. The summed E-state index contributed by atoms with van der Waals surface area (Å²) in [5.74, 6) is 2.80. The maximum Gasteiger partial charge on any atom is 0.203 e. The van der Waals surface area contributed by atoms with Gasteiger partial charge in [-0.15, -0.1) is 0 Å². The Labute approximate surface area is 232 Å². The maximum absolute atomic E-state index is 9.90. The van der Waals surface area contributed by atoms with Crippen LogP contribution in [0.3, 0.4) is 0 Å². The summed E-state index contributed by atoms with van der Waals surface area (Å²) in [4.78, 5) is 6.98. The van der Waals surface area contributed by atoms with Crippen LogP contribution in [-0.2, 0) is 4.74 Å². The molecular formula is C30H32N4O6. The SMILES string of the molecule is COc1cc(Nc2c(C#N)cnc3c2ccc2c(OC)c(OCCN4CCOCC4)ccc23)cc(OC)c1OC. The normalized spacial score (nSPS) is 13.6. The molecule has 4 aromatic rings. The van der Waals surface area contributed by atoms with Crippen LogP contribution < -0.4 is 29.0 Å².